The Labute approximate surface area is 457 Å². The molecule has 4 aromatic carbocycles. The van der Waals surface area contributed by atoms with Gasteiger partial charge in [-0.15, -0.1) is 0 Å². The Kier molecular flexibility index (Phi) is 16.1. The van der Waals surface area contributed by atoms with E-state index >= 15 is 4.79 Å². The molecular weight excluding hydrogens is 996 g/mol. The number of piperidine rings is 2. The zero-order valence-electron chi connectivity index (χ0n) is 44.0. The summed E-state index contributed by atoms with van der Waals surface area (Å²) in [4.78, 5) is 33.1. The van der Waals surface area contributed by atoms with Gasteiger partial charge in [-0.1, -0.05) is 48.2 Å². The lowest BCUT2D eigenvalue weighted by Crippen LogP contribution is -2.33. The summed E-state index contributed by atoms with van der Waals surface area (Å²) in [6, 6.07) is 21.0. The largest absolute Gasteiger partial charge is 0.492 e. The van der Waals surface area contributed by atoms with Crippen LogP contribution >= 0.6 is 23.2 Å². The van der Waals surface area contributed by atoms with E-state index in [0.717, 1.165) is 171 Å². The second kappa shape index (κ2) is 23.4. The highest BCUT2D eigenvalue weighted by Crippen LogP contribution is 2.49. The van der Waals surface area contributed by atoms with Crippen LogP contribution < -0.4 is 20.1 Å². The number of hydrogen-bond donors (Lipinski definition) is 6. The summed E-state index contributed by atoms with van der Waals surface area (Å²) in [5, 5.41) is 30.5. The molecule has 4 fully saturated rings. The van der Waals surface area contributed by atoms with Crippen molar-refractivity contribution in [3.05, 3.63) is 104 Å². The van der Waals surface area contributed by atoms with Gasteiger partial charge in [0, 0.05) is 95.7 Å². The van der Waals surface area contributed by atoms with Crippen LogP contribution in [0.4, 0.5) is 0 Å². The van der Waals surface area contributed by atoms with E-state index in [1.165, 1.54) is 49.7 Å². The number of ether oxygens (including phenoxy) is 2. The van der Waals surface area contributed by atoms with Crippen LogP contribution in [0.1, 0.15) is 123 Å². The SMILES string of the molecule is O=C([C@H]1NCc2c(Cl)c(OCCCN3CCCC3CO)cc(-c3cc4cc(CN5CCCCC5)ccc4[nH]3)c21)[C@H]1NCc2c(Cl)c(OCCCN3CCCC3CO)cc(-c3cc4cc(CN5CCCCC5)ccc4[nH]3)c21. The van der Waals surface area contributed by atoms with Crippen LogP contribution in [-0.2, 0) is 31.0 Å². The molecule has 0 saturated carbocycles. The number of carbonyl (C=O) groups is 1. The smallest absolute Gasteiger partial charge is 0.175 e. The van der Waals surface area contributed by atoms with Crippen molar-refractivity contribution in [3.63, 3.8) is 0 Å². The number of Topliss-reactive ketones (excluding diaryl/α,β-unsaturated/α-hetero) is 1. The zero-order chi connectivity index (χ0) is 51.7. The summed E-state index contributed by atoms with van der Waals surface area (Å²) in [7, 11) is 0. The molecule has 0 aliphatic carbocycles. The lowest BCUT2D eigenvalue weighted by atomic mass is 9.87. The minimum absolute atomic E-state index is 0.0116. The van der Waals surface area contributed by atoms with Crippen molar-refractivity contribution in [3.8, 4) is 34.0 Å². The van der Waals surface area contributed by atoms with Gasteiger partial charge in [0.15, 0.2) is 5.78 Å². The number of rotatable bonds is 20. The summed E-state index contributed by atoms with van der Waals surface area (Å²) in [5.41, 5.74) is 11.7. The van der Waals surface area contributed by atoms with E-state index in [0.29, 0.717) is 47.8 Å². The third-order valence-electron chi connectivity index (χ3n) is 17.6. The molecule has 2 unspecified atom stereocenters. The Hall–Kier alpha value is -4.51. The number of fused-ring (bicyclic) bond motifs is 4. The van der Waals surface area contributed by atoms with Crippen molar-refractivity contribution in [2.24, 2.45) is 0 Å². The molecule has 0 bridgehead atoms. The molecule has 15 heteroatoms. The first kappa shape index (κ1) is 52.2. The second-order valence-corrected chi connectivity index (χ2v) is 23.4. The fourth-order valence-corrected chi connectivity index (χ4v) is 14.2. The Morgan fingerprint density at radius 2 is 1.01 bits per heavy atom. The first-order chi connectivity index (χ1) is 37.3. The maximum absolute atomic E-state index is 15.8. The fraction of sp³-hybridized carbons (Fsp3) is 0.525. The Morgan fingerprint density at radius 1 is 0.566 bits per heavy atom. The average Bonchev–Trinajstić information content (AvgIpc) is 4.33. The molecule has 6 aliphatic rings. The number of nitrogens with zero attached hydrogens (tertiary/aromatic N) is 4. The highest BCUT2D eigenvalue weighted by atomic mass is 35.5. The predicted molar refractivity (Wildman–Crippen MR) is 303 cm³/mol. The summed E-state index contributed by atoms with van der Waals surface area (Å²) < 4.78 is 13.2. The molecule has 0 spiro atoms. The van der Waals surface area contributed by atoms with Crippen molar-refractivity contribution < 1.29 is 24.5 Å². The van der Waals surface area contributed by atoms with E-state index in [4.69, 9.17) is 32.7 Å². The van der Waals surface area contributed by atoms with Gasteiger partial charge in [-0.2, -0.15) is 0 Å². The lowest BCUT2D eigenvalue weighted by Gasteiger charge is -2.26. The summed E-state index contributed by atoms with van der Waals surface area (Å²) >= 11 is 14.8. The Morgan fingerprint density at radius 3 is 1.45 bits per heavy atom. The van der Waals surface area contributed by atoms with Gasteiger partial charge in [0.2, 0.25) is 0 Å². The predicted octanol–water partition coefficient (Wildman–Crippen LogP) is 10.3. The summed E-state index contributed by atoms with van der Waals surface area (Å²) in [6.45, 7) is 12.2. The monoisotopic (exact) mass is 1070 g/mol. The molecule has 6 N–H and O–H groups in total. The fourth-order valence-electron chi connectivity index (χ4n) is 13.6. The standard InChI is InChI=1S/C61H76Cl2N8O5/c62-57-47-33-64-59(55(47)45(31-53(57)75-25-9-23-70-21-7-11-43(70)37-72)51-29-41-27-39(13-15-49(41)66-51)35-68-17-3-1-4-18-68)61(74)60-56-46(52-30-42-28-40(14-16-50(42)67-52)36-69-19-5-2-6-20-69)32-54(58(63)48(56)34-65-60)76-26-10-24-71-22-8-12-44(71)38-73/h13-16,27-32,43-44,59-60,64-67,72-73H,1-12,17-26,33-38H2/t43?,44?,59-,60-/m0/s1. The Balaban J connectivity index is 0.879. The maximum Gasteiger partial charge on any atom is 0.175 e. The number of hydrogen-bond acceptors (Lipinski definition) is 11. The van der Waals surface area contributed by atoms with Crippen molar-refractivity contribution in [1.82, 2.24) is 40.2 Å². The van der Waals surface area contributed by atoms with Crippen LogP contribution in [0.2, 0.25) is 10.0 Å². The minimum atomic E-state index is -0.692. The highest BCUT2D eigenvalue weighted by Gasteiger charge is 2.42. The first-order valence-electron chi connectivity index (χ1n) is 28.7. The van der Waals surface area contributed by atoms with Gasteiger partial charge < -0.3 is 29.7 Å². The summed E-state index contributed by atoms with van der Waals surface area (Å²) in [6.07, 6.45) is 13.5. The lowest BCUT2D eigenvalue weighted by molar-refractivity contribution is -0.123. The molecule has 0 amide bonds. The number of benzene rings is 4. The van der Waals surface area contributed by atoms with Crippen molar-refractivity contribution in [2.45, 2.75) is 127 Å². The van der Waals surface area contributed by atoms with E-state index in [1.54, 1.807) is 0 Å². The van der Waals surface area contributed by atoms with E-state index < -0.39 is 12.1 Å². The van der Waals surface area contributed by atoms with Crippen LogP contribution in [0.15, 0.2) is 60.7 Å². The second-order valence-electron chi connectivity index (χ2n) is 22.6. The number of aromatic amines is 2. The van der Waals surface area contributed by atoms with Crippen LogP contribution in [0.3, 0.4) is 0 Å². The van der Waals surface area contributed by atoms with Gasteiger partial charge in [0.1, 0.15) is 11.5 Å². The van der Waals surface area contributed by atoms with Crippen molar-refractivity contribution in [1.29, 1.82) is 0 Å². The van der Waals surface area contributed by atoms with Crippen LogP contribution in [0.5, 0.6) is 11.5 Å². The van der Waals surface area contributed by atoms with E-state index in [9.17, 15) is 10.2 Å². The topological polar surface area (TPSA) is 145 Å². The quantitative estimate of drug-likeness (QED) is 0.0407. The highest BCUT2D eigenvalue weighted by molar-refractivity contribution is 6.34. The molecule has 4 saturated heterocycles. The Bertz CT molecular complexity index is 2840. The maximum atomic E-state index is 15.8. The molecule has 6 aromatic rings. The number of H-pyrrole nitrogens is 2. The van der Waals surface area contributed by atoms with Crippen LogP contribution in [-0.4, -0.2) is 136 Å². The molecule has 2 aromatic heterocycles. The van der Waals surface area contributed by atoms with Gasteiger partial charge >= 0.3 is 0 Å². The number of carbonyl (C=O) groups excluding carboxylic acids is 1. The van der Waals surface area contributed by atoms with E-state index in [2.05, 4.69) is 88.7 Å². The molecule has 13 nitrogen and oxygen atoms in total. The van der Waals surface area contributed by atoms with Gasteiger partial charge in [0.25, 0.3) is 0 Å². The molecule has 404 valence electrons. The summed E-state index contributed by atoms with van der Waals surface area (Å²) in [5.74, 6) is 1.20. The molecule has 6 aliphatic heterocycles. The van der Waals surface area contributed by atoms with Gasteiger partial charge in [0.05, 0.1) is 48.6 Å². The molecule has 12 rings (SSSR count). The molecular formula is C61H76Cl2N8O5. The van der Waals surface area contributed by atoms with Crippen LogP contribution in [0, 0.1) is 0 Å². The zero-order valence-corrected chi connectivity index (χ0v) is 45.6. The molecule has 0 radical (unpaired) electrons. The number of likely N-dealkylation sites (tertiary alicyclic amines) is 4. The van der Waals surface area contributed by atoms with Gasteiger partial charge in [-0.3, -0.25) is 35.0 Å². The number of ketones is 1. The molecule has 8 heterocycles. The first-order valence-corrected chi connectivity index (χ1v) is 29.4. The number of aromatic nitrogens is 2. The third-order valence-corrected chi connectivity index (χ3v) is 18.5. The number of halogens is 2. The number of nitrogens with one attached hydrogen (secondary N) is 4. The normalized spacial score (nSPS) is 22.6. The number of aliphatic hydroxyl groups excluding tert-OH is 2. The minimum Gasteiger partial charge on any atom is -0.492 e. The number of aliphatic hydroxyl groups is 2. The van der Waals surface area contributed by atoms with Gasteiger partial charge in [-0.05, 0) is 185 Å². The molecule has 4 atom stereocenters. The van der Waals surface area contributed by atoms with Crippen molar-refractivity contribution >= 4 is 50.8 Å². The van der Waals surface area contributed by atoms with Crippen LogP contribution in [0.25, 0.3) is 44.3 Å². The molecule has 76 heavy (non-hydrogen) atoms. The van der Waals surface area contributed by atoms with E-state index in [1.807, 2.05) is 12.1 Å². The third kappa shape index (κ3) is 10.8. The van der Waals surface area contributed by atoms with Gasteiger partial charge in [-0.25, -0.2) is 0 Å². The van der Waals surface area contributed by atoms with Crippen molar-refractivity contribution in [2.75, 3.05) is 78.8 Å². The average molecular weight is 1070 g/mol. The van der Waals surface area contributed by atoms with E-state index in [-0.39, 0.29) is 31.1 Å².